The van der Waals surface area contributed by atoms with Crippen molar-refractivity contribution >= 4 is 17.9 Å². The van der Waals surface area contributed by atoms with Gasteiger partial charge in [0, 0.05) is 0 Å². The molecule has 0 aliphatic rings. The number of carbonyl (C=O) groups excluding carboxylic acids is 1. The van der Waals surface area contributed by atoms with Crippen molar-refractivity contribution in [2.24, 2.45) is 5.10 Å². The summed E-state index contributed by atoms with van der Waals surface area (Å²) >= 11 is 0. The lowest BCUT2D eigenvalue weighted by molar-refractivity contribution is 0.152. The number of allylic oxidation sites excluding steroid dienone is 1. The minimum atomic E-state index is -0.562. The first-order chi connectivity index (χ1) is 7.72. The molecule has 1 heterocycles. The van der Waals surface area contributed by atoms with Crippen LogP contribution in [0.3, 0.4) is 0 Å². The average Bonchev–Trinajstić information content (AvgIpc) is 2.77. The molecule has 0 unspecified atom stereocenters. The van der Waals surface area contributed by atoms with Crippen molar-refractivity contribution in [2.75, 3.05) is 6.61 Å². The smallest absolute Gasteiger partial charge is 0.427 e. The molecule has 1 rings (SSSR count). The second kappa shape index (κ2) is 6.44. The Kier molecular flexibility index (Phi) is 4.85. The van der Waals surface area contributed by atoms with Crippen LogP contribution in [-0.2, 0) is 4.74 Å². The van der Waals surface area contributed by atoms with Gasteiger partial charge in [-0.05, 0) is 38.1 Å². The van der Waals surface area contributed by atoms with Gasteiger partial charge < -0.3 is 9.15 Å². The highest BCUT2D eigenvalue weighted by Gasteiger charge is 1.96. The van der Waals surface area contributed by atoms with Gasteiger partial charge in [-0.15, -0.1) is 0 Å². The predicted molar refractivity (Wildman–Crippen MR) is 61.0 cm³/mol. The maximum absolute atomic E-state index is 10.9. The molecule has 0 radical (unpaired) electrons. The minimum absolute atomic E-state index is 0.322. The van der Waals surface area contributed by atoms with E-state index in [1.807, 2.05) is 6.07 Å². The predicted octanol–water partition coefficient (Wildman–Crippen LogP) is 2.41. The van der Waals surface area contributed by atoms with E-state index in [1.165, 1.54) is 0 Å². The summed E-state index contributed by atoms with van der Waals surface area (Å²) in [4.78, 5) is 10.9. The maximum atomic E-state index is 10.9. The number of nitrogens with zero attached hydrogens (tertiary/aromatic N) is 1. The van der Waals surface area contributed by atoms with Crippen LogP contribution in [0.2, 0.25) is 0 Å². The Morgan fingerprint density at radius 2 is 2.50 bits per heavy atom. The third kappa shape index (κ3) is 4.45. The normalized spacial score (nSPS) is 11.8. The zero-order chi connectivity index (χ0) is 11.8. The van der Waals surface area contributed by atoms with Gasteiger partial charge in [0.25, 0.3) is 0 Å². The summed E-state index contributed by atoms with van der Waals surface area (Å²) in [5, 5.41) is 3.81. The van der Waals surface area contributed by atoms with Crippen LogP contribution in [0, 0.1) is 0 Å². The van der Waals surface area contributed by atoms with Gasteiger partial charge in [-0.3, -0.25) is 0 Å². The number of hydrogen-bond donors (Lipinski definition) is 1. The number of hydrazone groups is 1. The van der Waals surface area contributed by atoms with Crippen LogP contribution in [0.15, 0.2) is 34.0 Å². The molecule has 1 amide bonds. The largest absolute Gasteiger partial charge is 0.465 e. The topological polar surface area (TPSA) is 63.8 Å². The Bertz CT molecular complexity index is 380. The summed E-state index contributed by atoms with van der Waals surface area (Å²) in [7, 11) is 0. The zero-order valence-corrected chi connectivity index (χ0v) is 9.27. The van der Waals surface area contributed by atoms with Crippen molar-refractivity contribution in [1.29, 1.82) is 0 Å². The lowest BCUT2D eigenvalue weighted by Crippen LogP contribution is -2.19. The Labute approximate surface area is 93.8 Å². The molecule has 16 heavy (non-hydrogen) atoms. The second-order valence-corrected chi connectivity index (χ2v) is 2.93. The summed E-state index contributed by atoms with van der Waals surface area (Å²) in [6.45, 7) is 3.81. The molecular weight excluding hydrogens is 208 g/mol. The molecule has 0 aromatic carbocycles. The molecule has 0 saturated heterocycles. The van der Waals surface area contributed by atoms with Gasteiger partial charge >= 0.3 is 6.09 Å². The van der Waals surface area contributed by atoms with E-state index < -0.39 is 6.09 Å². The Morgan fingerprint density at radius 1 is 1.69 bits per heavy atom. The summed E-state index contributed by atoms with van der Waals surface area (Å²) in [5.41, 5.74) is 2.90. The number of carbonyl (C=O) groups is 1. The van der Waals surface area contributed by atoms with Crippen molar-refractivity contribution in [2.45, 2.75) is 13.8 Å². The Morgan fingerprint density at radius 3 is 3.12 bits per heavy atom. The molecule has 0 aliphatic heterocycles. The van der Waals surface area contributed by atoms with E-state index in [-0.39, 0.29) is 0 Å². The van der Waals surface area contributed by atoms with Gasteiger partial charge in [-0.2, -0.15) is 5.10 Å². The number of amides is 1. The molecule has 0 aliphatic carbocycles. The highest BCUT2D eigenvalue weighted by atomic mass is 16.5. The van der Waals surface area contributed by atoms with Crippen molar-refractivity contribution in [3.63, 3.8) is 0 Å². The number of hydrogen-bond acceptors (Lipinski definition) is 4. The van der Waals surface area contributed by atoms with Crippen molar-refractivity contribution in [3.05, 3.63) is 30.2 Å². The van der Waals surface area contributed by atoms with Gasteiger partial charge in [0.1, 0.15) is 5.76 Å². The monoisotopic (exact) mass is 222 g/mol. The molecule has 0 spiro atoms. The van der Waals surface area contributed by atoms with Crippen LogP contribution in [0.4, 0.5) is 4.79 Å². The lowest BCUT2D eigenvalue weighted by atomic mass is 10.3. The summed E-state index contributed by atoms with van der Waals surface area (Å²) in [6.07, 6.45) is 4.51. The average molecular weight is 222 g/mol. The lowest BCUT2D eigenvalue weighted by Gasteiger charge is -1.99. The second-order valence-electron chi connectivity index (χ2n) is 2.93. The molecule has 5 heteroatoms. The molecule has 0 fully saturated rings. The number of furan rings is 1. The first-order valence-electron chi connectivity index (χ1n) is 4.91. The molecule has 1 aromatic rings. The first kappa shape index (κ1) is 12.0. The van der Waals surface area contributed by atoms with E-state index in [0.717, 1.165) is 5.76 Å². The van der Waals surface area contributed by atoms with E-state index in [1.54, 1.807) is 38.3 Å². The fourth-order valence-corrected chi connectivity index (χ4v) is 0.923. The Hall–Kier alpha value is -2.04. The van der Waals surface area contributed by atoms with Crippen LogP contribution in [0.1, 0.15) is 19.6 Å². The molecule has 1 N–H and O–H groups in total. The third-order valence-corrected chi connectivity index (χ3v) is 1.63. The van der Waals surface area contributed by atoms with E-state index in [4.69, 9.17) is 4.42 Å². The number of rotatable bonds is 4. The number of nitrogens with one attached hydrogen (secondary N) is 1. The Balaban J connectivity index is 2.42. The molecule has 0 bridgehead atoms. The standard InChI is InChI=1S/C11H14N2O3/c1-3-15-11(14)13-12-9(2)6-7-10-5-4-8-16-10/h4-8H,3H2,1-2H3,(H,13,14)/b7-6+,12-9+. The molecular formula is C11H14N2O3. The summed E-state index contributed by atoms with van der Waals surface area (Å²) < 4.78 is 9.74. The number of ether oxygens (including phenoxy) is 1. The van der Waals surface area contributed by atoms with Gasteiger partial charge in [0.2, 0.25) is 0 Å². The van der Waals surface area contributed by atoms with E-state index in [0.29, 0.717) is 12.3 Å². The van der Waals surface area contributed by atoms with Crippen molar-refractivity contribution < 1.29 is 13.9 Å². The van der Waals surface area contributed by atoms with Crippen LogP contribution in [0.25, 0.3) is 6.08 Å². The van der Waals surface area contributed by atoms with Crippen LogP contribution in [-0.4, -0.2) is 18.4 Å². The van der Waals surface area contributed by atoms with Gasteiger partial charge in [-0.25, -0.2) is 10.2 Å². The van der Waals surface area contributed by atoms with E-state index in [9.17, 15) is 4.79 Å². The molecule has 0 saturated carbocycles. The van der Waals surface area contributed by atoms with Gasteiger partial charge in [0.05, 0.1) is 18.6 Å². The van der Waals surface area contributed by atoms with E-state index in [2.05, 4.69) is 15.3 Å². The molecule has 86 valence electrons. The fraction of sp³-hybridized carbons (Fsp3) is 0.273. The van der Waals surface area contributed by atoms with Crippen molar-refractivity contribution in [1.82, 2.24) is 5.43 Å². The third-order valence-electron chi connectivity index (χ3n) is 1.63. The summed E-state index contributed by atoms with van der Waals surface area (Å²) in [6, 6.07) is 3.62. The van der Waals surface area contributed by atoms with Gasteiger partial charge in [0.15, 0.2) is 0 Å². The maximum Gasteiger partial charge on any atom is 0.427 e. The quantitative estimate of drug-likeness (QED) is 0.628. The molecule has 5 nitrogen and oxygen atoms in total. The highest BCUT2D eigenvalue weighted by molar-refractivity contribution is 5.96. The minimum Gasteiger partial charge on any atom is -0.465 e. The van der Waals surface area contributed by atoms with Gasteiger partial charge in [-0.1, -0.05) is 0 Å². The molecule has 0 atom stereocenters. The SMILES string of the molecule is CCOC(=O)N/N=C(C)/C=C/c1ccco1. The van der Waals surface area contributed by atoms with Crippen LogP contribution >= 0.6 is 0 Å². The van der Waals surface area contributed by atoms with Crippen LogP contribution in [0.5, 0.6) is 0 Å². The first-order valence-corrected chi connectivity index (χ1v) is 4.91. The van der Waals surface area contributed by atoms with E-state index >= 15 is 0 Å². The highest BCUT2D eigenvalue weighted by Crippen LogP contribution is 2.02. The fourth-order valence-electron chi connectivity index (χ4n) is 0.923. The van der Waals surface area contributed by atoms with Crippen LogP contribution < -0.4 is 5.43 Å². The zero-order valence-electron chi connectivity index (χ0n) is 9.27. The molecule has 1 aromatic heterocycles. The van der Waals surface area contributed by atoms with Crippen molar-refractivity contribution in [3.8, 4) is 0 Å². The summed E-state index contributed by atoms with van der Waals surface area (Å²) in [5.74, 6) is 0.727.